The maximum absolute atomic E-state index is 12.4. The van der Waals surface area contributed by atoms with E-state index in [1.807, 2.05) is 45.0 Å². The van der Waals surface area contributed by atoms with Crippen LogP contribution >= 0.6 is 0 Å². The Morgan fingerprint density at radius 2 is 1.59 bits per heavy atom. The van der Waals surface area contributed by atoms with E-state index in [1.165, 1.54) is 11.1 Å². The number of amides is 1. The first kappa shape index (κ1) is 29.1. The zero-order valence-electron chi connectivity index (χ0n) is 24.3. The van der Waals surface area contributed by atoms with Gasteiger partial charge in [-0.05, 0) is 95.1 Å². The van der Waals surface area contributed by atoms with Crippen molar-refractivity contribution < 1.29 is 23.6 Å². The van der Waals surface area contributed by atoms with E-state index in [0.717, 1.165) is 23.2 Å². The summed E-state index contributed by atoms with van der Waals surface area (Å²) in [5.41, 5.74) is 3.34. The second-order valence-corrected chi connectivity index (χ2v) is 12.3. The van der Waals surface area contributed by atoms with Gasteiger partial charge in [0.25, 0.3) is 0 Å². The Hall–Kier alpha value is -2.51. The Morgan fingerprint density at radius 1 is 1.00 bits per heavy atom. The van der Waals surface area contributed by atoms with Crippen LogP contribution in [0.2, 0.25) is 0 Å². The number of hydrogen-bond donors (Lipinski definition) is 0. The minimum Gasteiger partial charge on any atom is -0.489 e. The molecular weight excluding hydrogens is 465 g/mol. The van der Waals surface area contributed by atoms with Crippen LogP contribution in [0.1, 0.15) is 84.9 Å². The standard InChI is InChI=1S/C30H44BNO5/c1-21(2)26-16-11-22(19-23(26)17-18-32(10)27(33)35-28(3,4)5)20-34-25-14-12-24(13-15-25)31-36-29(6,7)30(8,9)37-31/h11-16,19,21H,17-18,20H2,1-10H3. The van der Waals surface area contributed by atoms with Crippen LogP contribution in [0.5, 0.6) is 5.75 Å². The van der Waals surface area contributed by atoms with Crippen molar-refractivity contribution in [1.82, 2.24) is 4.90 Å². The molecule has 1 saturated heterocycles. The number of rotatable bonds is 8. The normalized spacial score (nSPS) is 16.7. The Balaban J connectivity index is 1.63. The van der Waals surface area contributed by atoms with Crippen molar-refractivity contribution in [2.75, 3.05) is 13.6 Å². The fourth-order valence-electron chi connectivity index (χ4n) is 4.11. The van der Waals surface area contributed by atoms with Crippen LogP contribution in [-0.2, 0) is 27.1 Å². The summed E-state index contributed by atoms with van der Waals surface area (Å²) in [6.45, 7) is 19.3. The van der Waals surface area contributed by atoms with Crippen LogP contribution in [0.4, 0.5) is 4.79 Å². The molecule has 1 amide bonds. The first-order chi connectivity index (χ1) is 17.1. The van der Waals surface area contributed by atoms with Gasteiger partial charge in [0, 0.05) is 13.6 Å². The SMILES string of the molecule is CC(C)c1ccc(COc2ccc(B3OC(C)(C)C(C)(C)O3)cc2)cc1CCN(C)C(=O)OC(C)(C)C. The van der Waals surface area contributed by atoms with Gasteiger partial charge in [0.05, 0.1) is 11.2 Å². The molecule has 1 aliphatic rings. The number of hydrogen-bond acceptors (Lipinski definition) is 5. The molecule has 0 atom stereocenters. The van der Waals surface area contributed by atoms with Crippen molar-refractivity contribution in [3.05, 3.63) is 59.2 Å². The molecule has 0 bridgehead atoms. The zero-order valence-corrected chi connectivity index (χ0v) is 24.3. The number of benzene rings is 2. The highest BCUT2D eigenvalue weighted by atomic mass is 16.7. The summed E-state index contributed by atoms with van der Waals surface area (Å²) in [4.78, 5) is 14.0. The number of nitrogens with zero attached hydrogens (tertiary/aromatic N) is 1. The molecule has 0 spiro atoms. The molecular formula is C30H44BNO5. The smallest absolute Gasteiger partial charge is 0.489 e. The predicted molar refractivity (Wildman–Crippen MR) is 150 cm³/mol. The summed E-state index contributed by atoms with van der Waals surface area (Å²) in [6, 6.07) is 14.4. The molecule has 2 aromatic carbocycles. The van der Waals surface area contributed by atoms with E-state index in [4.69, 9.17) is 18.8 Å². The van der Waals surface area contributed by atoms with E-state index in [0.29, 0.717) is 19.1 Å². The molecule has 0 aromatic heterocycles. The first-order valence-corrected chi connectivity index (χ1v) is 13.2. The molecule has 0 radical (unpaired) electrons. The third-order valence-electron chi connectivity index (χ3n) is 7.06. The van der Waals surface area contributed by atoms with Crippen LogP contribution in [0.3, 0.4) is 0 Å². The van der Waals surface area contributed by atoms with Gasteiger partial charge in [0.15, 0.2) is 0 Å². The van der Waals surface area contributed by atoms with Crippen LogP contribution in [0.25, 0.3) is 0 Å². The molecule has 0 unspecified atom stereocenters. The number of carbonyl (C=O) groups is 1. The summed E-state index contributed by atoms with van der Waals surface area (Å²) in [6.07, 6.45) is 0.446. The van der Waals surface area contributed by atoms with Gasteiger partial charge in [-0.1, -0.05) is 44.2 Å². The molecule has 1 fully saturated rings. The van der Waals surface area contributed by atoms with Gasteiger partial charge in [-0.2, -0.15) is 0 Å². The molecule has 37 heavy (non-hydrogen) atoms. The van der Waals surface area contributed by atoms with E-state index < -0.39 is 5.60 Å². The van der Waals surface area contributed by atoms with Crippen molar-refractivity contribution in [3.63, 3.8) is 0 Å². The lowest BCUT2D eigenvalue weighted by atomic mass is 9.79. The highest BCUT2D eigenvalue weighted by molar-refractivity contribution is 6.62. The van der Waals surface area contributed by atoms with Crippen molar-refractivity contribution in [1.29, 1.82) is 0 Å². The Kier molecular flexibility index (Phi) is 8.70. The van der Waals surface area contributed by atoms with Gasteiger partial charge < -0.3 is 23.7 Å². The third kappa shape index (κ3) is 7.51. The van der Waals surface area contributed by atoms with Gasteiger partial charge in [0.2, 0.25) is 0 Å². The fourth-order valence-corrected chi connectivity index (χ4v) is 4.11. The highest BCUT2D eigenvalue weighted by Crippen LogP contribution is 2.36. The average molecular weight is 509 g/mol. The van der Waals surface area contributed by atoms with Gasteiger partial charge in [0.1, 0.15) is 18.0 Å². The summed E-state index contributed by atoms with van der Waals surface area (Å²) in [5.74, 6) is 1.18. The highest BCUT2D eigenvalue weighted by Gasteiger charge is 2.51. The van der Waals surface area contributed by atoms with E-state index >= 15 is 0 Å². The quantitative estimate of drug-likeness (QED) is 0.403. The minimum atomic E-state index is -0.506. The topological polar surface area (TPSA) is 57.2 Å². The zero-order chi connectivity index (χ0) is 27.6. The molecule has 0 aliphatic carbocycles. The molecule has 7 heteroatoms. The monoisotopic (exact) mass is 509 g/mol. The second-order valence-electron chi connectivity index (χ2n) is 12.3. The van der Waals surface area contributed by atoms with E-state index in [2.05, 4.69) is 59.7 Å². The van der Waals surface area contributed by atoms with E-state index in [-0.39, 0.29) is 24.4 Å². The summed E-state index contributed by atoms with van der Waals surface area (Å²) >= 11 is 0. The van der Waals surface area contributed by atoms with Crippen molar-refractivity contribution in [2.24, 2.45) is 0 Å². The van der Waals surface area contributed by atoms with Gasteiger partial charge >= 0.3 is 13.2 Å². The number of carbonyl (C=O) groups excluding carboxylic acids is 1. The largest absolute Gasteiger partial charge is 0.494 e. The Bertz CT molecular complexity index is 1060. The molecule has 2 aromatic rings. The molecule has 202 valence electrons. The van der Waals surface area contributed by atoms with Gasteiger partial charge in [-0.25, -0.2) is 4.79 Å². The lowest BCUT2D eigenvalue weighted by Crippen LogP contribution is -2.41. The minimum absolute atomic E-state index is 0.304. The molecule has 6 nitrogen and oxygen atoms in total. The van der Waals surface area contributed by atoms with Crippen LogP contribution in [0, 0.1) is 0 Å². The van der Waals surface area contributed by atoms with Crippen molar-refractivity contribution in [2.45, 2.75) is 98.1 Å². The predicted octanol–water partition coefficient (Wildman–Crippen LogP) is 6.10. The van der Waals surface area contributed by atoms with Crippen molar-refractivity contribution in [3.8, 4) is 5.75 Å². The molecule has 1 heterocycles. The third-order valence-corrected chi connectivity index (χ3v) is 7.06. The van der Waals surface area contributed by atoms with E-state index in [9.17, 15) is 4.79 Å². The lowest BCUT2D eigenvalue weighted by molar-refractivity contribution is 0.00578. The lowest BCUT2D eigenvalue weighted by Gasteiger charge is -2.32. The summed E-state index contributed by atoms with van der Waals surface area (Å²) < 4.78 is 23.9. The van der Waals surface area contributed by atoms with Crippen LogP contribution < -0.4 is 10.2 Å². The Morgan fingerprint density at radius 3 is 2.14 bits per heavy atom. The number of ether oxygens (including phenoxy) is 2. The number of likely N-dealkylation sites (N-methyl/N-ethyl adjacent to an activating group) is 1. The molecule has 0 saturated carbocycles. The molecule has 3 rings (SSSR count). The van der Waals surface area contributed by atoms with Crippen LogP contribution in [-0.4, -0.2) is 48.5 Å². The molecule has 0 N–H and O–H groups in total. The molecule has 1 aliphatic heterocycles. The van der Waals surface area contributed by atoms with Crippen molar-refractivity contribution >= 4 is 18.7 Å². The summed E-state index contributed by atoms with van der Waals surface area (Å²) in [5, 5.41) is 0. The van der Waals surface area contributed by atoms with Crippen LogP contribution in [0.15, 0.2) is 42.5 Å². The Labute approximate surface area is 223 Å². The average Bonchev–Trinajstić information content (AvgIpc) is 3.01. The summed E-state index contributed by atoms with van der Waals surface area (Å²) in [7, 11) is 1.40. The first-order valence-electron chi connectivity index (χ1n) is 13.2. The van der Waals surface area contributed by atoms with E-state index in [1.54, 1.807) is 11.9 Å². The second kappa shape index (κ2) is 11.1. The fraction of sp³-hybridized carbons (Fsp3) is 0.567. The van der Waals surface area contributed by atoms with Gasteiger partial charge in [-0.3, -0.25) is 0 Å². The maximum Gasteiger partial charge on any atom is 0.494 e. The van der Waals surface area contributed by atoms with Gasteiger partial charge in [-0.15, -0.1) is 0 Å². The maximum atomic E-state index is 12.4.